The van der Waals surface area contributed by atoms with Gasteiger partial charge >= 0.3 is 5.97 Å². The van der Waals surface area contributed by atoms with Gasteiger partial charge in [-0.25, -0.2) is 25.6 Å². The number of aromatic nitrogens is 1. The van der Waals surface area contributed by atoms with Crippen LogP contribution >= 0.6 is 0 Å². The Bertz CT molecular complexity index is 1140. The number of nitrogens with one attached hydrogen (secondary N) is 1. The lowest BCUT2D eigenvalue weighted by molar-refractivity contribution is 0.0551. The van der Waals surface area contributed by atoms with Gasteiger partial charge in [-0.3, -0.25) is 4.72 Å². The van der Waals surface area contributed by atoms with E-state index in [4.69, 9.17) is 4.74 Å². The number of rotatable bonds is 8. The van der Waals surface area contributed by atoms with Gasteiger partial charge in [-0.2, -0.15) is 0 Å². The van der Waals surface area contributed by atoms with Crippen molar-refractivity contribution in [1.29, 1.82) is 0 Å². The zero-order valence-corrected chi connectivity index (χ0v) is 17.9. The normalized spacial score (nSPS) is 12.1. The number of fused-ring (bicyclic) bond motifs is 1. The Labute approximate surface area is 165 Å². The molecule has 1 aromatic heterocycles. The van der Waals surface area contributed by atoms with E-state index in [-0.39, 0.29) is 35.1 Å². The lowest BCUT2D eigenvalue weighted by Gasteiger charge is -2.11. The minimum absolute atomic E-state index is 0.0351. The molecule has 2 rings (SSSR count). The van der Waals surface area contributed by atoms with Crippen molar-refractivity contribution >= 4 is 42.6 Å². The van der Waals surface area contributed by atoms with Crippen LogP contribution in [0.2, 0.25) is 0 Å². The number of sulfonamides is 1. The molecule has 0 saturated carbocycles. The van der Waals surface area contributed by atoms with E-state index in [2.05, 4.69) is 11.3 Å². The van der Waals surface area contributed by atoms with Gasteiger partial charge in [0.15, 0.2) is 0 Å². The summed E-state index contributed by atoms with van der Waals surface area (Å²) in [7, 11) is -7.26. The van der Waals surface area contributed by atoms with Crippen LogP contribution in [0.25, 0.3) is 10.9 Å². The standard InChI is InChI=1S/C18H24N2O6S2/c1-6-9-26-18(21)17-13(5)20(28(24,25)8-3)16-10-12(4)15(11-14(16)17)19-27(22,23)7-2/h6,10-11,19H,1,7-9H2,2-5H3. The molecule has 0 unspecified atom stereocenters. The summed E-state index contributed by atoms with van der Waals surface area (Å²) in [5.74, 6) is -0.994. The molecule has 0 atom stereocenters. The van der Waals surface area contributed by atoms with Gasteiger partial charge in [-0.15, -0.1) is 0 Å². The Balaban J connectivity index is 2.87. The van der Waals surface area contributed by atoms with Gasteiger partial charge in [0, 0.05) is 11.1 Å². The third-order valence-electron chi connectivity index (χ3n) is 4.32. The largest absolute Gasteiger partial charge is 0.458 e. The Kier molecular flexibility index (Phi) is 6.24. The molecule has 0 spiro atoms. The first kappa shape index (κ1) is 22.0. The quantitative estimate of drug-likeness (QED) is 0.511. The van der Waals surface area contributed by atoms with Crippen LogP contribution < -0.4 is 4.72 Å². The lowest BCUT2D eigenvalue weighted by atomic mass is 10.1. The molecule has 0 bridgehead atoms. The van der Waals surface area contributed by atoms with Crippen LogP contribution in [-0.2, 0) is 24.8 Å². The van der Waals surface area contributed by atoms with E-state index in [9.17, 15) is 21.6 Å². The topological polar surface area (TPSA) is 112 Å². The van der Waals surface area contributed by atoms with Crippen molar-refractivity contribution in [3.05, 3.63) is 41.6 Å². The van der Waals surface area contributed by atoms with Crippen molar-refractivity contribution in [2.24, 2.45) is 0 Å². The second-order valence-electron chi connectivity index (χ2n) is 6.20. The SMILES string of the molecule is C=CCOC(=O)c1c(C)n(S(=O)(=O)CC)c2cc(C)c(NS(=O)(=O)CC)cc12. The Hall–Kier alpha value is -2.33. The van der Waals surface area contributed by atoms with E-state index in [1.807, 2.05) is 0 Å². The summed E-state index contributed by atoms with van der Waals surface area (Å²) in [5, 5.41) is 0.294. The van der Waals surface area contributed by atoms with Gasteiger partial charge in [0.1, 0.15) is 6.61 Å². The molecule has 28 heavy (non-hydrogen) atoms. The van der Waals surface area contributed by atoms with E-state index in [0.717, 1.165) is 3.97 Å². The molecule has 1 aromatic carbocycles. The molecule has 8 nitrogen and oxygen atoms in total. The third-order valence-corrected chi connectivity index (χ3v) is 7.37. The molecule has 154 valence electrons. The fourth-order valence-electron chi connectivity index (χ4n) is 2.84. The second-order valence-corrected chi connectivity index (χ2v) is 10.3. The second kappa shape index (κ2) is 7.96. The molecule has 1 heterocycles. The molecule has 0 saturated heterocycles. The predicted octanol–water partition coefficient (Wildman–Crippen LogP) is 2.56. The van der Waals surface area contributed by atoms with Crippen molar-refractivity contribution < 1.29 is 26.4 Å². The Morgan fingerprint density at radius 1 is 1.18 bits per heavy atom. The van der Waals surface area contributed by atoms with Crippen LogP contribution in [0.5, 0.6) is 0 Å². The van der Waals surface area contributed by atoms with Crippen molar-refractivity contribution in [2.75, 3.05) is 22.8 Å². The van der Waals surface area contributed by atoms with Crippen molar-refractivity contribution in [2.45, 2.75) is 27.7 Å². The first-order valence-electron chi connectivity index (χ1n) is 8.66. The summed E-state index contributed by atoms with van der Waals surface area (Å²) < 4.78 is 57.9. The number of hydrogen-bond donors (Lipinski definition) is 1. The summed E-state index contributed by atoms with van der Waals surface area (Å²) in [6.07, 6.45) is 1.40. The molecule has 0 amide bonds. The monoisotopic (exact) mass is 428 g/mol. The average molecular weight is 429 g/mol. The molecule has 0 aliphatic heterocycles. The fraction of sp³-hybridized carbons (Fsp3) is 0.389. The molecular formula is C18H24N2O6S2. The first-order chi connectivity index (χ1) is 13.0. The summed E-state index contributed by atoms with van der Waals surface area (Å²) in [4.78, 5) is 12.6. The average Bonchev–Trinajstić information content (AvgIpc) is 2.91. The summed E-state index contributed by atoms with van der Waals surface area (Å²) in [5.41, 5.74) is 1.38. The number of nitrogens with zero attached hydrogens (tertiary/aromatic N) is 1. The van der Waals surface area contributed by atoms with Crippen LogP contribution in [0.3, 0.4) is 0 Å². The van der Waals surface area contributed by atoms with Crippen LogP contribution in [0.1, 0.15) is 35.5 Å². The predicted molar refractivity (Wildman–Crippen MR) is 110 cm³/mol. The van der Waals surface area contributed by atoms with Gasteiger partial charge in [0.2, 0.25) is 20.0 Å². The van der Waals surface area contributed by atoms with Crippen LogP contribution in [0.4, 0.5) is 5.69 Å². The van der Waals surface area contributed by atoms with Gasteiger partial charge in [-0.05, 0) is 45.4 Å². The fourth-order valence-corrected chi connectivity index (χ4v) is 4.76. The lowest BCUT2D eigenvalue weighted by Crippen LogP contribution is -2.17. The molecule has 2 aromatic rings. The summed E-state index contributed by atoms with van der Waals surface area (Å²) in [6, 6.07) is 3.02. The maximum Gasteiger partial charge on any atom is 0.340 e. The minimum Gasteiger partial charge on any atom is -0.458 e. The zero-order chi connectivity index (χ0) is 21.3. The Morgan fingerprint density at radius 3 is 2.36 bits per heavy atom. The highest BCUT2D eigenvalue weighted by atomic mass is 32.2. The van der Waals surface area contributed by atoms with Crippen LogP contribution in [-0.4, -0.2) is 44.9 Å². The highest BCUT2D eigenvalue weighted by Gasteiger charge is 2.27. The maximum absolute atomic E-state index is 12.6. The molecular weight excluding hydrogens is 404 g/mol. The maximum atomic E-state index is 12.6. The van der Waals surface area contributed by atoms with E-state index in [0.29, 0.717) is 16.5 Å². The van der Waals surface area contributed by atoms with Crippen LogP contribution in [0.15, 0.2) is 24.8 Å². The summed E-state index contributed by atoms with van der Waals surface area (Å²) in [6.45, 7) is 9.64. The van der Waals surface area contributed by atoms with Crippen molar-refractivity contribution in [1.82, 2.24) is 3.97 Å². The van der Waals surface area contributed by atoms with Crippen molar-refractivity contribution in [3.63, 3.8) is 0 Å². The van der Waals surface area contributed by atoms with Gasteiger partial charge in [-0.1, -0.05) is 12.7 Å². The van der Waals surface area contributed by atoms with Gasteiger partial charge < -0.3 is 4.74 Å². The number of carbonyl (C=O) groups excluding carboxylic acids is 1. The number of carbonyl (C=O) groups is 1. The van der Waals surface area contributed by atoms with Crippen molar-refractivity contribution in [3.8, 4) is 0 Å². The number of esters is 1. The Morgan fingerprint density at radius 2 is 1.82 bits per heavy atom. The van der Waals surface area contributed by atoms with E-state index in [1.165, 1.54) is 32.9 Å². The van der Waals surface area contributed by atoms with E-state index in [1.54, 1.807) is 13.0 Å². The number of aryl methyl sites for hydroxylation is 1. The smallest absolute Gasteiger partial charge is 0.340 e. The highest BCUT2D eigenvalue weighted by molar-refractivity contribution is 7.92. The molecule has 1 N–H and O–H groups in total. The number of benzene rings is 1. The zero-order valence-electron chi connectivity index (χ0n) is 16.3. The minimum atomic E-state index is -3.71. The third kappa shape index (κ3) is 4.07. The highest BCUT2D eigenvalue weighted by Crippen LogP contribution is 2.33. The molecule has 0 aliphatic carbocycles. The van der Waals surface area contributed by atoms with Gasteiger partial charge in [0.25, 0.3) is 0 Å². The molecule has 0 fully saturated rings. The number of hydrogen-bond acceptors (Lipinski definition) is 6. The van der Waals surface area contributed by atoms with E-state index >= 15 is 0 Å². The van der Waals surface area contributed by atoms with Gasteiger partial charge in [0.05, 0.1) is 28.3 Å². The molecule has 0 radical (unpaired) electrons. The van der Waals surface area contributed by atoms with E-state index < -0.39 is 26.0 Å². The molecule has 10 heteroatoms. The number of anilines is 1. The number of ether oxygens (including phenoxy) is 1. The summed E-state index contributed by atoms with van der Waals surface area (Å²) >= 11 is 0. The van der Waals surface area contributed by atoms with Crippen LogP contribution in [0, 0.1) is 13.8 Å². The molecule has 0 aliphatic rings. The first-order valence-corrected chi connectivity index (χ1v) is 11.9.